The highest BCUT2D eigenvalue weighted by molar-refractivity contribution is 5.97. The fraction of sp³-hybridized carbons (Fsp3) is 0.567. The van der Waals surface area contributed by atoms with Crippen LogP contribution in [0.4, 0.5) is 0 Å². The zero-order valence-electron chi connectivity index (χ0n) is 22.7. The van der Waals surface area contributed by atoms with E-state index in [1.54, 1.807) is 0 Å². The molecular weight excluding hydrogens is 408 g/mol. The number of phenols is 1. The molecule has 2 aromatic carbocycles. The third kappa shape index (κ3) is 4.69. The van der Waals surface area contributed by atoms with Crippen molar-refractivity contribution >= 4 is 5.97 Å². The molecule has 1 aliphatic heterocycles. The lowest BCUT2D eigenvalue weighted by Gasteiger charge is -2.29. The van der Waals surface area contributed by atoms with Gasteiger partial charge in [0.25, 0.3) is 0 Å². The van der Waals surface area contributed by atoms with E-state index in [0.717, 1.165) is 27.8 Å². The highest BCUT2D eigenvalue weighted by Crippen LogP contribution is 2.48. The van der Waals surface area contributed by atoms with Crippen molar-refractivity contribution in [3.05, 3.63) is 63.2 Å². The van der Waals surface area contributed by atoms with Gasteiger partial charge >= 0.3 is 5.97 Å². The summed E-state index contributed by atoms with van der Waals surface area (Å²) in [5.41, 5.74) is 5.67. The van der Waals surface area contributed by atoms with Crippen LogP contribution in [0.25, 0.3) is 0 Å². The van der Waals surface area contributed by atoms with Gasteiger partial charge in [-0.3, -0.25) is 0 Å². The Kier molecular flexibility index (Phi) is 5.85. The van der Waals surface area contributed by atoms with E-state index in [2.05, 4.69) is 101 Å². The quantitative estimate of drug-likeness (QED) is 0.450. The normalized spacial score (nSPS) is 17.2. The van der Waals surface area contributed by atoms with Crippen LogP contribution in [0.5, 0.6) is 5.75 Å². The SMILES string of the molecule is CC(C)(C)c1cc(C2OC(=O)c3c2cc(C(C)(C)C)cc3C(C)(C)C)c(O)c(C(C)(C)C)c1. The van der Waals surface area contributed by atoms with Crippen molar-refractivity contribution in [3.63, 3.8) is 0 Å². The summed E-state index contributed by atoms with van der Waals surface area (Å²) in [4.78, 5) is 13.2. The number of hydrogen-bond acceptors (Lipinski definition) is 3. The minimum Gasteiger partial charge on any atom is -0.507 e. The van der Waals surface area contributed by atoms with E-state index in [9.17, 15) is 9.90 Å². The van der Waals surface area contributed by atoms with E-state index < -0.39 is 6.10 Å². The molecule has 1 atom stereocenters. The van der Waals surface area contributed by atoms with Gasteiger partial charge < -0.3 is 9.84 Å². The van der Waals surface area contributed by atoms with Crippen LogP contribution in [0.1, 0.15) is 133 Å². The maximum atomic E-state index is 13.2. The minimum atomic E-state index is -0.626. The van der Waals surface area contributed by atoms with Gasteiger partial charge in [-0.15, -0.1) is 0 Å². The molecule has 3 nitrogen and oxygen atoms in total. The van der Waals surface area contributed by atoms with Crippen LogP contribution < -0.4 is 0 Å². The summed E-state index contributed by atoms with van der Waals surface area (Å²) in [6, 6.07) is 8.40. The van der Waals surface area contributed by atoms with Gasteiger partial charge in [0.2, 0.25) is 0 Å². The van der Waals surface area contributed by atoms with Gasteiger partial charge in [-0.25, -0.2) is 4.79 Å². The van der Waals surface area contributed by atoms with Crippen LogP contribution in [0.2, 0.25) is 0 Å². The molecule has 0 aliphatic carbocycles. The summed E-state index contributed by atoms with van der Waals surface area (Å²) in [7, 11) is 0. The third-order valence-corrected chi connectivity index (χ3v) is 6.65. The number of carbonyl (C=O) groups is 1. The van der Waals surface area contributed by atoms with Crippen LogP contribution in [-0.2, 0) is 26.4 Å². The van der Waals surface area contributed by atoms with E-state index >= 15 is 0 Å². The van der Waals surface area contributed by atoms with Gasteiger partial charge in [0.1, 0.15) is 5.75 Å². The zero-order valence-corrected chi connectivity index (χ0v) is 22.7. The number of esters is 1. The van der Waals surface area contributed by atoms with Gasteiger partial charge in [0.15, 0.2) is 6.10 Å². The maximum absolute atomic E-state index is 13.2. The lowest BCUT2D eigenvalue weighted by Crippen LogP contribution is -2.20. The topological polar surface area (TPSA) is 46.5 Å². The predicted octanol–water partition coefficient (Wildman–Crippen LogP) is 7.84. The van der Waals surface area contributed by atoms with Gasteiger partial charge in [-0.1, -0.05) is 101 Å². The van der Waals surface area contributed by atoms with E-state index in [4.69, 9.17) is 4.74 Å². The van der Waals surface area contributed by atoms with Crippen molar-refractivity contribution in [2.75, 3.05) is 0 Å². The zero-order chi connectivity index (χ0) is 25.3. The molecule has 3 rings (SSSR count). The average Bonchev–Trinajstić information content (AvgIpc) is 2.94. The van der Waals surface area contributed by atoms with Gasteiger partial charge in [0.05, 0.1) is 5.56 Å². The number of phenolic OH excluding ortho intramolecular Hbond substituents is 1. The Balaban J connectivity index is 2.38. The summed E-state index contributed by atoms with van der Waals surface area (Å²) in [5, 5.41) is 11.5. The molecule has 1 N–H and O–H groups in total. The van der Waals surface area contributed by atoms with Crippen LogP contribution in [-0.4, -0.2) is 11.1 Å². The molecule has 1 heterocycles. The summed E-state index contributed by atoms with van der Waals surface area (Å²) in [6.07, 6.45) is -0.626. The molecule has 180 valence electrons. The van der Waals surface area contributed by atoms with Crippen molar-refractivity contribution in [2.45, 2.75) is 111 Å². The molecule has 0 fully saturated rings. The van der Waals surface area contributed by atoms with Crippen LogP contribution >= 0.6 is 0 Å². The number of carbonyl (C=O) groups excluding carboxylic acids is 1. The molecule has 2 aromatic rings. The lowest BCUT2D eigenvalue weighted by molar-refractivity contribution is 0.0451. The Morgan fingerprint density at radius 2 is 1.06 bits per heavy atom. The Hall–Kier alpha value is -2.29. The monoisotopic (exact) mass is 450 g/mol. The first-order chi connectivity index (χ1) is 14.7. The highest BCUT2D eigenvalue weighted by atomic mass is 16.5. The largest absolute Gasteiger partial charge is 0.507 e. The second-order valence-electron chi connectivity index (χ2n) is 13.7. The number of cyclic esters (lactones) is 1. The molecule has 0 amide bonds. The fourth-order valence-electron chi connectivity index (χ4n) is 4.45. The molecule has 0 saturated carbocycles. The second kappa shape index (κ2) is 7.61. The Bertz CT molecular complexity index is 1090. The number of hydrogen-bond donors (Lipinski definition) is 1. The van der Waals surface area contributed by atoms with Crippen LogP contribution in [0, 0.1) is 0 Å². The van der Waals surface area contributed by atoms with Crippen molar-refractivity contribution in [2.24, 2.45) is 0 Å². The molecular formula is C30H42O3. The van der Waals surface area contributed by atoms with Gasteiger partial charge in [-0.2, -0.15) is 0 Å². The summed E-state index contributed by atoms with van der Waals surface area (Å²) >= 11 is 0. The molecule has 0 aromatic heterocycles. The summed E-state index contributed by atoms with van der Waals surface area (Å²) < 4.78 is 6.04. The Morgan fingerprint density at radius 3 is 1.48 bits per heavy atom. The molecule has 0 radical (unpaired) electrons. The maximum Gasteiger partial charge on any atom is 0.339 e. The average molecular weight is 451 g/mol. The minimum absolute atomic E-state index is 0.0862. The van der Waals surface area contributed by atoms with Crippen molar-refractivity contribution < 1.29 is 14.6 Å². The standard InChI is InChI=1S/C30H42O3/c1-27(2,3)17-13-19-23(21(15-17)29(7,8)9)26(32)33-25(19)20-14-18(28(4,5)6)16-22(24(20)31)30(10,11)12/h13-16,25,31H,1-12H3. The highest BCUT2D eigenvalue weighted by Gasteiger charge is 2.40. The Morgan fingerprint density at radius 1 is 0.636 bits per heavy atom. The lowest BCUT2D eigenvalue weighted by atomic mass is 9.75. The fourth-order valence-corrected chi connectivity index (χ4v) is 4.45. The number of benzene rings is 2. The molecule has 0 spiro atoms. The first-order valence-corrected chi connectivity index (χ1v) is 12.0. The van der Waals surface area contributed by atoms with Crippen LogP contribution in [0.3, 0.4) is 0 Å². The van der Waals surface area contributed by atoms with Crippen LogP contribution in [0.15, 0.2) is 24.3 Å². The molecule has 0 saturated heterocycles. The number of ether oxygens (including phenoxy) is 1. The molecule has 0 bridgehead atoms. The van der Waals surface area contributed by atoms with Gasteiger partial charge in [-0.05, 0) is 50.0 Å². The first-order valence-electron chi connectivity index (χ1n) is 12.0. The molecule has 1 unspecified atom stereocenters. The second-order valence-corrected chi connectivity index (χ2v) is 13.7. The molecule has 1 aliphatic rings. The van der Waals surface area contributed by atoms with Crippen molar-refractivity contribution in [1.82, 2.24) is 0 Å². The summed E-state index contributed by atoms with van der Waals surface area (Å²) in [5.74, 6) is -0.0853. The van der Waals surface area contributed by atoms with Gasteiger partial charge in [0, 0.05) is 11.1 Å². The van der Waals surface area contributed by atoms with E-state index in [1.165, 1.54) is 0 Å². The number of aromatic hydroxyl groups is 1. The van der Waals surface area contributed by atoms with E-state index in [-0.39, 0.29) is 33.4 Å². The first kappa shape index (κ1) is 25.3. The third-order valence-electron chi connectivity index (χ3n) is 6.65. The molecule has 3 heteroatoms. The van der Waals surface area contributed by atoms with Crippen molar-refractivity contribution in [3.8, 4) is 5.75 Å². The summed E-state index contributed by atoms with van der Waals surface area (Å²) in [6.45, 7) is 25.7. The Labute approximate surface area is 200 Å². The predicted molar refractivity (Wildman–Crippen MR) is 137 cm³/mol. The van der Waals surface area contributed by atoms with Crippen molar-refractivity contribution in [1.29, 1.82) is 0 Å². The smallest absolute Gasteiger partial charge is 0.339 e. The molecule has 33 heavy (non-hydrogen) atoms. The number of fused-ring (bicyclic) bond motifs is 1. The number of rotatable bonds is 1. The van der Waals surface area contributed by atoms with E-state index in [1.807, 2.05) is 6.07 Å². The van der Waals surface area contributed by atoms with E-state index in [0.29, 0.717) is 11.1 Å².